The fraction of sp³-hybridized carbons (Fsp3) is 0.909. The van der Waals surface area contributed by atoms with E-state index in [2.05, 4.69) is 17.6 Å². The molecule has 0 saturated carbocycles. The number of hydrogen-bond donors (Lipinski definition) is 2. The highest BCUT2D eigenvalue weighted by Gasteiger charge is 2.14. The summed E-state index contributed by atoms with van der Waals surface area (Å²) in [6, 6.07) is 0. The van der Waals surface area contributed by atoms with Crippen LogP contribution in [-0.2, 0) is 4.79 Å². The van der Waals surface area contributed by atoms with Gasteiger partial charge in [-0.05, 0) is 12.9 Å². The molecule has 1 unspecified atom stereocenters. The molecule has 1 aliphatic rings. The Balaban J connectivity index is 2.13. The Hall–Kier alpha value is -0.610. The quantitative estimate of drug-likeness (QED) is 0.664. The van der Waals surface area contributed by atoms with Crippen LogP contribution in [0.2, 0.25) is 0 Å². The van der Waals surface area contributed by atoms with Crippen LogP contribution in [-0.4, -0.2) is 50.1 Å². The summed E-state index contributed by atoms with van der Waals surface area (Å²) in [7, 11) is 0. The van der Waals surface area contributed by atoms with Gasteiger partial charge in [-0.15, -0.1) is 0 Å². The average molecular weight is 214 g/mol. The molecule has 15 heavy (non-hydrogen) atoms. The van der Waals surface area contributed by atoms with Gasteiger partial charge in [0, 0.05) is 27.5 Å². The number of rotatable bonds is 6. The number of nitrogens with one attached hydrogen (secondary N) is 2. The Bertz CT molecular complexity index is 207. The van der Waals surface area contributed by atoms with Crippen LogP contribution in [0.1, 0.15) is 27.6 Å². The molecule has 4 heteroatoms. The zero-order valence-corrected chi connectivity index (χ0v) is 9.59. The first kappa shape index (κ1) is 10.9. The first-order chi connectivity index (χ1) is 7.74. The first-order valence-electron chi connectivity index (χ1n) is 6.46. The summed E-state index contributed by atoms with van der Waals surface area (Å²) < 4.78 is 7.69. The summed E-state index contributed by atoms with van der Waals surface area (Å²) >= 11 is 0. The maximum absolute atomic E-state index is 11.7. The van der Waals surface area contributed by atoms with Crippen molar-refractivity contribution in [1.82, 2.24) is 15.5 Å². The van der Waals surface area contributed by atoms with Crippen molar-refractivity contribution in [3.05, 3.63) is 0 Å². The summed E-state index contributed by atoms with van der Waals surface area (Å²) in [5.41, 5.74) is 0. The maximum Gasteiger partial charge on any atom is 0.236 e. The van der Waals surface area contributed by atoms with Crippen LogP contribution in [0.4, 0.5) is 0 Å². The molecule has 4 nitrogen and oxygen atoms in total. The van der Waals surface area contributed by atoms with Gasteiger partial charge < -0.3 is 15.5 Å². The number of hydrogen-bond acceptors (Lipinski definition) is 3. The van der Waals surface area contributed by atoms with Crippen LogP contribution in [0.5, 0.6) is 0 Å². The lowest BCUT2D eigenvalue weighted by Gasteiger charge is -2.27. The Morgan fingerprint density at radius 3 is 2.87 bits per heavy atom. The molecule has 1 fully saturated rings. The van der Waals surface area contributed by atoms with Crippen molar-refractivity contribution in [2.24, 2.45) is 0 Å². The molecule has 0 bridgehead atoms. The molecule has 88 valence electrons. The molecule has 1 rings (SSSR count). The van der Waals surface area contributed by atoms with Crippen molar-refractivity contribution in [3.8, 4) is 0 Å². The molecule has 0 aliphatic carbocycles. The number of piperazine rings is 1. The standard InChI is InChI=1S/C11H23N3O/c1-2-3-4-5-13-10-11(15)14-8-6-12-7-9-14/h12-13H,2-10H2,1H3/i5D. The van der Waals surface area contributed by atoms with E-state index in [0.717, 1.165) is 45.4 Å². The lowest BCUT2D eigenvalue weighted by molar-refractivity contribution is -0.130. The zero-order valence-electron chi connectivity index (χ0n) is 10.6. The van der Waals surface area contributed by atoms with Gasteiger partial charge in [-0.25, -0.2) is 0 Å². The Morgan fingerprint density at radius 2 is 2.20 bits per heavy atom. The van der Waals surface area contributed by atoms with Crippen LogP contribution in [0.15, 0.2) is 0 Å². The normalized spacial score (nSPS) is 19.8. The Kier molecular flexibility index (Phi) is 5.56. The first-order valence-corrected chi connectivity index (χ1v) is 5.88. The molecule has 1 atom stereocenters. The molecule has 0 radical (unpaired) electrons. The lowest BCUT2D eigenvalue weighted by Crippen LogP contribution is -2.49. The van der Waals surface area contributed by atoms with Crippen LogP contribution < -0.4 is 10.6 Å². The summed E-state index contributed by atoms with van der Waals surface area (Å²) in [6.07, 6.45) is 2.97. The highest BCUT2D eigenvalue weighted by atomic mass is 16.2. The molecule has 1 heterocycles. The van der Waals surface area contributed by atoms with E-state index < -0.39 is 0 Å². The zero-order chi connectivity index (χ0) is 11.8. The third kappa shape index (κ3) is 5.14. The van der Waals surface area contributed by atoms with Crippen molar-refractivity contribution in [1.29, 1.82) is 0 Å². The third-order valence-corrected chi connectivity index (χ3v) is 2.57. The second-order valence-electron chi connectivity index (χ2n) is 3.86. The van der Waals surface area contributed by atoms with Crippen molar-refractivity contribution in [2.45, 2.75) is 26.2 Å². The highest BCUT2D eigenvalue weighted by Crippen LogP contribution is 1.93. The van der Waals surface area contributed by atoms with Gasteiger partial charge in [-0.3, -0.25) is 4.79 Å². The van der Waals surface area contributed by atoms with Gasteiger partial charge in [-0.2, -0.15) is 0 Å². The van der Waals surface area contributed by atoms with Gasteiger partial charge in [0.25, 0.3) is 0 Å². The van der Waals surface area contributed by atoms with Crippen molar-refractivity contribution < 1.29 is 6.17 Å². The van der Waals surface area contributed by atoms with E-state index in [-0.39, 0.29) is 12.4 Å². The molecular weight excluding hydrogens is 190 g/mol. The SMILES string of the molecule is [2H]C(CCCC)NCC(=O)N1CCNCC1. The average Bonchev–Trinajstić information content (AvgIpc) is 2.34. The van der Waals surface area contributed by atoms with E-state index >= 15 is 0 Å². The smallest absolute Gasteiger partial charge is 0.236 e. The van der Waals surface area contributed by atoms with Gasteiger partial charge in [0.2, 0.25) is 5.91 Å². The molecule has 0 aromatic heterocycles. The number of amides is 1. The fourth-order valence-corrected chi connectivity index (χ4v) is 1.59. The molecule has 0 aromatic carbocycles. The number of unbranched alkanes of at least 4 members (excludes halogenated alkanes) is 1. The minimum absolute atomic E-state index is 0.121. The predicted molar refractivity (Wildman–Crippen MR) is 61.8 cm³/mol. The van der Waals surface area contributed by atoms with E-state index in [1.54, 1.807) is 0 Å². The molecule has 1 aliphatic heterocycles. The summed E-state index contributed by atoms with van der Waals surface area (Å²) in [4.78, 5) is 13.6. The van der Waals surface area contributed by atoms with Crippen LogP contribution >= 0.6 is 0 Å². The molecular formula is C11H23N3O. The number of carbonyl (C=O) groups is 1. The van der Waals surface area contributed by atoms with E-state index in [0.29, 0.717) is 6.54 Å². The molecule has 0 spiro atoms. The summed E-state index contributed by atoms with van der Waals surface area (Å²) in [5.74, 6) is 0.121. The van der Waals surface area contributed by atoms with E-state index in [4.69, 9.17) is 1.37 Å². The molecule has 0 aromatic rings. The lowest BCUT2D eigenvalue weighted by atomic mass is 10.2. The van der Waals surface area contributed by atoms with Gasteiger partial charge >= 0.3 is 0 Å². The topological polar surface area (TPSA) is 44.4 Å². The van der Waals surface area contributed by atoms with Crippen LogP contribution in [0.3, 0.4) is 0 Å². The monoisotopic (exact) mass is 214 g/mol. The second-order valence-corrected chi connectivity index (χ2v) is 3.86. The van der Waals surface area contributed by atoms with Gasteiger partial charge in [-0.1, -0.05) is 19.8 Å². The van der Waals surface area contributed by atoms with Crippen LogP contribution in [0.25, 0.3) is 0 Å². The minimum atomic E-state index is -0.299. The Labute approximate surface area is 93.8 Å². The van der Waals surface area contributed by atoms with Gasteiger partial charge in [0.15, 0.2) is 0 Å². The fourth-order valence-electron chi connectivity index (χ4n) is 1.59. The second kappa shape index (κ2) is 7.65. The Morgan fingerprint density at radius 1 is 1.47 bits per heavy atom. The summed E-state index contributed by atoms with van der Waals surface area (Å²) in [6.45, 7) is 5.46. The van der Waals surface area contributed by atoms with Gasteiger partial charge in [0.05, 0.1) is 6.54 Å². The van der Waals surface area contributed by atoms with E-state index in [1.165, 1.54) is 0 Å². The third-order valence-electron chi connectivity index (χ3n) is 2.57. The van der Waals surface area contributed by atoms with Crippen molar-refractivity contribution in [3.63, 3.8) is 0 Å². The number of nitrogens with zero attached hydrogens (tertiary/aromatic N) is 1. The van der Waals surface area contributed by atoms with Crippen LogP contribution in [0, 0.1) is 0 Å². The summed E-state index contributed by atoms with van der Waals surface area (Å²) in [5, 5.41) is 6.18. The van der Waals surface area contributed by atoms with Crippen molar-refractivity contribution in [2.75, 3.05) is 39.2 Å². The molecule has 1 saturated heterocycles. The predicted octanol–water partition coefficient (Wildman–Crippen LogP) is 0.198. The largest absolute Gasteiger partial charge is 0.339 e. The van der Waals surface area contributed by atoms with Gasteiger partial charge in [0.1, 0.15) is 0 Å². The highest BCUT2D eigenvalue weighted by molar-refractivity contribution is 5.78. The molecule has 2 N–H and O–H groups in total. The van der Waals surface area contributed by atoms with E-state index in [1.807, 2.05) is 4.90 Å². The molecule has 1 amide bonds. The van der Waals surface area contributed by atoms with E-state index in [9.17, 15) is 4.79 Å². The number of carbonyl (C=O) groups excluding carboxylic acids is 1. The minimum Gasteiger partial charge on any atom is -0.339 e. The van der Waals surface area contributed by atoms with Crippen molar-refractivity contribution >= 4 is 5.91 Å². The maximum atomic E-state index is 11.7.